The van der Waals surface area contributed by atoms with Crippen molar-refractivity contribution in [1.29, 1.82) is 5.26 Å². The highest BCUT2D eigenvalue weighted by Crippen LogP contribution is 2.50. The fourth-order valence-electron chi connectivity index (χ4n) is 2.67. The predicted octanol–water partition coefficient (Wildman–Crippen LogP) is 3.63. The molecule has 0 aliphatic heterocycles. The SMILES string of the molecule is CSC[C@H](N)C(=O)N([C@@H](c1ccc(Br)cc1)C(F)(F)F)C1(C#N)CC1. The molecule has 0 unspecified atom stereocenters. The van der Waals surface area contributed by atoms with Gasteiger partial charge in [-0.1, -0.05) is 28.1 Å². The van der Waals surface area contributed by atoms with E-state index in [1.54, 1.807) is 6.26 Å². The summed E-state index contributed by atoms with van der Waals surface area (Å²) in [6.07, 6.45) is -2.59. The molecule has 0 radical (unpaired) electrons. The van der Waals surface area contributed by atoms with Crippen LogP contribution in [0.1, 0.15) is 24.4 Å². The summed E-state index contributed by atoms with van der Waals surface area (Å²) in [5, 5.41) is 9.43. The third-order valence-corrected chi connectivity index (χ3v) is 5.27. The van der Waals surface area contributed by atoms with E-state index >= 15 is 0 Å². The zero-order valence-corrected chi connectivity index (χ0v) is 15.8. The zero-order chi connectivity index (χ0) is 18.8. The van der Waals surface area contributed by atoms with Crippen LogP contribution in [0.4, 0.5) is 13.2 Å². The number of rotatable bonds is 6. The second-order valence-electron chi connectivity index (χ2n) is 5.91. The van der Waals surface area contributed by atoms with Crippen LogP contribution in [0.3, 0.4) is 0 Å². The van der Waals surface area contributed by atoms with Gasteiger partial charge in [0, 0.05) is 10.2 Å². The van der Waals surface area contributed by atoms with Gasteiger partial charge in [-0.2, -0.15) is 30.2 Å². The molecule has 1 aromatic carbocycles. The Labute approximate surface area is 156 Å². The van der Waals surface area contributed by atoms with Crippen LogP contribution in [0.5, 0.6) is 0 Å². The molecule has 9 heteroatoms. The molecule has 0 bridgehead atoms. The lowest BCUT2D eigenvalue weighted by molar-refractivity contribution is -0.197. The van der Waals surface area contributed by atoms with Crippen LogP contribution in [-0.4, -0.2) is 40.6 Å². The van der Waals surface area contributed by atoms with Gasteiger partial charge < -0.3 is 10.6 Å². The van der Waals surface area contributed by atoms with Crippen molar-refractivity contribution in [3.8, 4) is 6.07 Å². The molecule has 0 saturated heterocycles. The smallest absolute Gasteiger partial charge is 0.319 e. The number of halogens is 4. The van der Waals surface area contributed by atoms with Gasteiger partial charge in [-0.15, -0.1) is 0 Å². The summed E-state index contributed by atoms with van der Waals surface area (Å²) < 4.78 is 42.3. The summed E-state index contributed by atoms with van der Waals surface area (Å²) in [6, 6.07) is 4.15. The van der Waals surface area contributed by atoms with Gasteiger partial charge in [0.25, 0.3) is 0 Å². The van der Waals surface area contributed by atoms with Crippen molar-refractivity contribution in [3.63, 3.8) is 0 Å². The van der Waals surface area contributed by atoms with E-state index in [2.05, 4.69) is 15.9 Å². The number of thioether (sulfide) groups is 1. The molecule has 1 fully saturated rings. The molecule has 1 saturated carbocycles. The first-order valence-corrected chi connectivity index (χ1v) is 9.66. The summed E-state index contributed by atoms with van der Waals surface area (Å²) in [5.41, 5.74) is 4.26. The molecule has 2 rings (SSSR count). The number of carbonyl (C=O) groups excluding carboxylic acids is 1. The van der Waals surface area contributed by atoms with Gasteiger partial charge in [-0.05, 0) is 36.8 Å². The highest BCUT2D eigenvalue weighted by Gasteiger charge is 2.60. The minimum absolute atomic E-state index is 0.0954. The van der Waals surface area contributed by atoms with E-state index in [0.717, 1.165) is 0 Å². The number of hydrogen-bond acceptors (Lipinski definition) is 4. The van der Waals surface area contributed by atoms with Crippen LogP contribution < -0.4 is 5.73 Å². The minimum atomic E-state index is -4.73. The Kier molecular flexibility index (Phi) is 6.07. The van der Waals surface area contributed by atoms with Crippen molar-refractivity contribution in [2.24, 2.45) is 5.73 Å². The lowest BCUT2D eigenvalue weighted by Crippen LogP contribution is -2.55. The average molecular weight is 436 g/mol. The zero-order valence-electron chi connectivity index (χ0n) is 13.4. The number of benzene rings is 1. The summed E-state index contributed by atoms with van der Waals surface area (Å²) in [6.45, 7) is 0. The Morgan fingerprint density at radius 1 is 1.44 bits per heavy atom. The van der Waals surface area contributed by atoms with Crippen molar-refractivity contribution < 1.29 is 18.0 Å². The van der Waals surface area contributed by atoms with Gasteiger partial charge in [-0.3, -0.25) is 4.79 Å². The first kappa shape index (κ1) is 20.1. The molecule has 0 aromatic heterocycles. The molecule has 2 atom stereocenters. The maximum absolute atomic E-state index is 13.9. The average Bonchev–Trinajstić information content (AvgIpc) is 3.33. The molecule has 2 N–H and O–H groups in total. The van der Waals surface area contributed by atoms with E-state index in [1.165, 1.54) is 36.0 Å². The number of nitrogens with zero attached hydrogens (tertiary/aromatic N) is 2. The number of alkyl halides is 3. The van der Waals surface area contributed by atoms with Gasteiger partial charge in [-0.25, -0.2) is 0 Å². The van der Waals surface area contributed by atoms with Crippen molar-refractivity contribution >= 4 is 33.6 Å². The summed E-state index contributed by atoms with van der Waals surface area (Å²) >= 11 is 4.45. The predicted molar refractivity (Wildman–Crippen MR) is 93.7 cm³/mol. The molecule has 1 aromatic rings. The maximum Gasteiger partial charge on any atom is 0.413 e. The first-order valence-electron chi connectivity index (χ1n) is 7.47. The normalized spacial score (nSPS) is 18.1. The van der Waals surface area contributed by atoms with Crippen LogP contribution in [0, 0.1) is 11.3 Å². The topological polar surface area (TPSA) is 70.1 Å². The molecule has 25 heavy (non-hydrogen) atoms. The minimum Gasteiger partial charge on any atom is -0.319 e. The molecular weight excluding hydrogens is 419 g/mol. The molecular formula is C16H17BrF3N3OS. The Bertz CT molecular complexity index is 671. The van der Waals surface area contributed by atoms with E-state index in [4.69, 9.17) is 5.73 Å². The van der Waals surface area contributed by atoms with Gasteiger partial charge in [0.2, 0.25) is 5.91 Å². The van der Waals surface area contributed by atoms with Gasteiger partial charge in [0.1, 0.15) is 5.54 Å². The van der Waals surface area contributed by atoms with E-state index in [1.807, 2.05) is 6.07 Å². The monoisotopic (exact) mass is 435 g/mol. The van der Waals surface area contributed by atoms with Crippen molar-refractivity contribution in [1.82, 2.24) is 4.90 Å². The molecule has 136 valence electrons. The fourth-order valence-corrected chi connectivity index (χ4v) is 3.44. The van der Waals surface area contributed by atoms with Crippen molar-refractivity contribution in [2.75, 3.05) is 12.0 Å². The lowest BCUT2D eigenvalue weighted by atomic mass is 10.0. The molecule has 1 aliphatic carbocycles. The Hall–Kier alpha value is -1.24. The second-order valence-corrected chi connectivity index (χ2v) is 7.74. The standard InChI is InChI=1S/C16H17BrF3N3OS/c1-25-8-12(22)14(24)23(15(9-21)6-7-15)13(16(18,19)20)10-2-4-11(17)5-3-10/h2-5,12-13H,6-8,22H2,1H3/t12-,13-/m0/s1. The van der Waals surface area contributed by atoms with E-state index in [0.29, 0.717) is 9.37 Å². The molecule has 1 aliphatic rings. The number of amides is 1. The van der Waals surface area contributed by atoms with E-state index < -0.39 is 29.7 Å². The van der Waals surface area contributed by atoms with Crippen LogP contribution in [-0.2, 0) is 4.79 Å². The highest BCUT2D eigenvalue weighted by molar-refractivity contribution is 9.10. The number of carbonyl (C=O) groups is 1. The van der Waals surface area contributed by atoms with Crippen LogP contribution in [0.15, 0.2) is 28.7 Å². The van der Waals surface area contributed by atoms with Crippen molar-refractivity contribution in [3.05, 3.63) is 34.3 Å². The summed E-state index contributed by atoms with van der Waals surface area (Å²) in [7, 11) is 0. The second kappa shape index (κ2) is 7.56. The number of nitriles is 1. The maximum atomic E-state index is 13.9. The molecule has 0 spiro atoms. The van der Waals surface area contributed by atoms with Gasteiger partial charge >= 0.3 is 6.18 Å². The number of nitrogens with two attached hydrogens (primary N) is 1. The quantitative estimate of drug-likeness (QED) is 0.740. The molecule has 0 heterocycles. The number of hydrogen-bond donors (Lipinski definition) is 1. The van der Waals surface area contributed by atoms with Crippen LogP contribution in [0.2, 0.25) is 0 Å². The third-order valence-electron chi connectivity index (χ3n) is 4.05. The highest BCUT2D eigenvalue weighted by atomic mass is 79.9. The van der Waals surface area contributed by atoms with Crippen LogP contribution >= 0.6 is 27.7 Å². The Morgan fingerprint density at radius 2 is 2.00 bits per heavy atom. The Balaban J connectivity index is 2.53. The largest absolute Gasteiger partial charge is 0.413 e. The summed E-state index contributed by atoms with van der Waals surface area (Å²) in [4.78, 5) is 13.4. The molecule has 1 amide bonds. The van der Waals surface area contributed by atoms with Gasteiger partial charge in [0.15, 0.2) is 6.04 Å². The fraction of sp³-hybridized carbons (Fsp3) is 0.500. The van der Waals surface area contributed by atoms with Gasteiger partial charge in [0.05, 0.1) is 12.1 Å². The third kappa shape index (κ3) is 4.30. The Morgan fingerprint density at radius 3 is 2.40 bits per heavy atom. The molecule has 4 nitrogen and oxygen atoms in total. The lowest BCUT2D eigenvalue weighted by Gasteiger charge is -2.38. The van der Waals surface area contributed by atoms with Crippen LogP contribution in [0.25, 0.3) is 0 Å². The van der Waals surface area contributed by atoms with Crippen molar-refractivity contribution in [2.45, 2.75) is 36.6 Å². The summed E-state index contributed by atoms with van der Waals surface area (Å²) in [5.74, 6) is -0.666. The first-order chi connectivity index (χ1) is 11.7. The van der Waals surface area contributed by atoms with E-state index in [-0.39, 0.29) is 24.2 Å². The van der Waals surface area contributed by atoms with E-state index in [9.17, 15) is 23.2 Å².